The van der Waals surface area contributed by atoms with Crippen molar-refractivity contribution in [2.24, 2.45) is 0 Å². The van der Waals surface area contributed by atoms with E-state index in [0.29, 0.717) is 11.3 Å². The Morgan fingerprint density at radius 2 is 1.76 bits per heavy atom. The standard InChI is InChI=1S/C23H29FN2O3/c1-15(2)25-23(28)18(5)26(13-19-8-6-7-9-21(19)24)22(27)14-29-20-11-10-16(3)17(4)12-20/h6-12,15,18H,13-14H2,1-5H3,(H,25,28)/t18-/m0/s1. The fraction of sp³-hybridized carbons (Fsp3) is 0.391. The third-order valence-corrected chi connectivity index (χ3v) is 4.74. The average molecular weight is 400 g/mol. The molecule has 0 heterocycles. The first-order valence-electron chi connectivity index (χ1n) is 9.72. The van der Waals surface area contributed by atoms with E-state index in [1.54, 1.807) is 31.2 Å². The molecule has 0 aliphatic carbocycles. The van der Waals surface area contributed by atoms with Gasteiger partial charge in [-0.3, -0.25) is 9.59 Å². The van der Waals surface area contributed by atoms with Crippen molar-refractivity contribution in [2.75, 3.05) is 6.61 Å². The molecule has 0 bridgehead atoms. The third-order valence-electron chi connectivity index (χ3n) is 4.74. The molecule has 0 unspecified atom stereocenters. The number of nitrogens with zero attached hydrogens (tertiary/aromatic N) is 1. The molecular weight excluding hydrogens is 371 g/mol. The molecule has 0 aliphatic heterocycles. The Labute approximate surface area is 171 Å². The van der Waals surface area contributed by atoms with Gasteiger partial charge in [0.2, 0.25) is 5.91 Å². The van der Waals surface area contributed by atoms with Crippen LogP contribution in [0.1, 0.15) is 37.5 Å². The predicted octanol–water partition coefficient (Wildman–Crippen LogP) is 3.76. The molecule has 0 saturated heterocycles. The maximum atomic E-state index is 14.2. The third kappa shape index (κ3) is 6.31. The number of nitrogens with one attached hydrogen (secondary N) is 1. The SMILES string of the molecule is Cc1ccc(OCC(=O)N(Cc2ccccc2F)[C@@H](C)C(=O)NC(C)C)cc1C. The molecule has 6 heteroatoms. The lowest BCUT2D eigenvalue weighted by Crippen LogP contribution is -2.50. The smallest absolute Gasteiger partial charge is 0.261 e. The minimum atomic E-state index is -0.770. The largest absolute Gasteiger partial charge is 0.484 e. The van der Waals surface area contributed by atoms with Crippen LogP contribution in [0.2, 0.25) is 0 Å². The van der Waals surface area contributed by atoms with E-state index in [9.17, 15) is 14.0 Å². The molecule has 2 rings (SSSR count). The van der Waals surface area contributed by atoms with Crippen LogP contribution in [0, 0.1) is 19.7 Å². The minimum absolute atomic E-state index is 0.0194. The Hall–Kier alpha value is -2.89. The highest BCUT2D eigenvalue weighted by Gasteiger charge is 2.27. The molecular formula is C23H29FN2O3. The summed E-state index contributed by atoms with van der Waals surface area (Å²) in [5, 5.41) is 2.80. The van der Waals surface area contributed by atoms with Gasteiger partial charge in [0.1, 0.15) is 17.6 Å². The fourth-order valence-corrected chi connectivity index (χ4v) is 2.83. The van der Waals surface area contributed by atoms with Crippen LogP contribution >= 0.6 is 0 Å². The average Bonchev–Trinajstić information content (AvgIpc) is 2.67. The van der Waals surface area contributed by atoms with Crippen LogP contribution in [0.25, 0.3) is 0 Å². The highest BCUT2D eigenvalue weighted by Crippen LogP contribution is 2.18. The van der Waals surface area contributed by atoms with E-state index in [1.165, 1.54) is 11.0 Å². The highest BCUT2D eigenvalue weighted by atomic mass is 19.1. The van der Waals surface area contributed by atoms with Gasteiger partial charge in [0, 0.05) is 18.2 Å². The first kappa shape index (κ1) is 22.4. The van der Waals surface area contributed by atoms with Crippen molar-refractivity contribution >= 4 is 11.8 Å². The molecule has 2 aromatic carbocycles. The number of ether oxygens (including phenoxy) is 1. The zero-order valence-corrected chi connectivity index (χ0v) is 17.7. The summed E-state index contributed by atoms with van der Waals surface area (Å²) in [5.74, 6) is -0.530. The van der Waals surface area contributed by atoms with Crippen molar-refractivity contribution in [1.29, 1.82) is 0 Å². The predicted molar refractivity (Wildman–Crippen MR) is 111 cm³/mol. The van der Waals surface area contributed by atoms with Gasteiger partial charge >= 0.3 is 0 Å². The normalized spacial score (nSPS) is 11.8. The van der Waals surface area contributed by atoms with Crippen molar-refractivity contribution in [3.8, 4) is 5.75 Å². The van der Waals surface area contributed by atoms with Crippen molar-refractivity contribution in [2.45, 2.75) is 53.2 Å². The Kier molecular flexibility index (Phi) is 7.76. The quantitative estimate of drug-likeness (QED) is 0.734. The lowest BCUT2D eigenvalue weighted by molar-refractivity contribution is -0.142. The van der Waals surface area contributed by atoms with Crippen molar-refractivity contribution < 1.29 is 18.7 Å². The zero-order chi connectivity index (χ0) is 21.6. The molecule has 5 nitrogen and oxygen atoms in total. The molecule has 0 fully saturated rings. The Morgan fingerprint density at radius 1 is 1.07 bits per heavy atom. The van der Waals surface area contributed by atoms with E-state index in [1.807, 2.05) is 39.8 Å². The summed E-state index contributed by atoms with van der Waals surface area (Å²) >= 11 is 0. The number of aryl methyl sites for hydroxylation is 2. The number of carbonyl (C=O) groups excluding carboxylic acids is 2. The highest BCUT2D eigenvalue weighted by molar-refractivity contribution is 5.88. The number of amides is 2. The van der Waals surface area contributed by atoms with E-state index in [-0.39, 0.29) is 25.1 Å². The van der Waals surface area contributed by atoms with Gasteiger partial charge in [-0.05, 0) is 63.9 Å². The van der Waals surface area contributed by atoms with Gasteiger partial charge < -0.3 is 15.0 Å². The second-order valence-electron chi connectivity index (χ2n) is 7.49. The van der Waals surface area contributed by atoms with Crippen LogP contribution in [0.3, 0.4) is 0 Å². The number of halogens is 1. The van der Waals surface area contributed by atoms with Crippen molar-refractivity contribution in [1.82, 2.24) is 10.2 Å². The molecule has 29 heavy (non-hydrogen) atoms. The van der Waals surface area contributed by atoms with E-state index in [2.05, 4.69) is 5.32 Å². The summed E-state index contributed by atoms with van der Waals surface area (Å²) in [7, 11) is 0. The number of hydrogen-bond acceptors (Lipinski definition) is 3. The van der Waals surface area contributed by atoms with Crippen LogP contribution in [-0.2, 0) is 16.1 Å². The second-order valence-corrected chi connectivity index (χ2v) is 7.49. The van der Waals surface area contributed by atoms with Crippen LogP contribution in [0.4, 0.5) is 4.39 Å². The number of benzene rings is 2. The molecule has 0 spiro atoms. The first-order chi connectivity index (χ1) is 13.7. The molecule has 0 aromatic heterocycles. The number of hydrogen-bond donors (Lipinski definition) is 1. The molecule has 0 saturated carbocycles. The summed E-state index contributed by atoms with van der Waals surface area (Å²) in [6, 6.07) is 11.0. The van der Waals surface area contributed by atoms with Gasteiger partial charge in [0.15, 0.2) is 6.61 Å². The van der Waals surface area contributed by atoms with E-state index in [4.69, 9.17) is 4.74 Å². The van der Waals surface area contributed by atoms with Gasteiger partial charge in [-0.2, -0.15) is 0 Å². The molecule has 0 aliphatic rings. The minimum Gasteiger partial charge on any atom is -0.484 e. The van der Waals surface area contributed by atoms with E-state index in [0.717, 1.165) is 11.1 Å². The van der Waals surface area contributed by atoms with Crippen LogP contribution in [-0.4, -0.2) is 35.4 Å². The topological polar surface area (TPSA) is 58.6 Å². The van der Waals surface area contributed by atoms with E-state index < -0.39 is 17.8 Å². The summed E-state index contributed by atoms with van der Waals surface area (Å²) in [6.45, 7) is 9.02. The summed E-state index contributed by atoms with van der Waals surface area (Å²) in [6.07, 6.45) is 0. The van der Waals surface area contributed by atoms with Gasteiger partial charge in [-0.25, -0.2) is 4.39 Å². The maximum Gasteiger partial charge on any atom is 0.261 e. The van der Waals surface area contributed by atoms with Gasteiger partial charge in [0.05, 0.1) is 0 Å². The zero-order valence-electron chi connectivity index (χ0n) is 17.7. The molecule has 156 valence electrons. The lowest BCUT2D eigenvalue weighted by atomic mass is 10.1. The molecule has 1 N–H and O–H groups in total. The van der Waals surface area contributed by atoms with Crippen molar-refractivity contribution in [3.63, 3.8) is 0 Å². The van der Waals surface area contributed by atoms with Gasteiger partial charge in [-0.15, -0.1) is 0 Å². The maximum absolute atomic E-state index is 14.2. The summed E-state index contributed by atoms with van der Waals surface area (Å²) in [5.41, 5.74) is 2.53. The van der Waals surface area contributed by atoms with Gasteiger partial charge in [-0.1, -0.05) is 24.3 Å². The fourth-order valence-electron chi connectivity index (χ4n) is 2.83. The summed E-state index contributed by atoms with van der Waals surface area (Å²) in [4.78, 5) is 26.7. The van der Waals surface area contributed by atoms with Gasteiger partial charge in [0.25, 0.3) is 5.91 Å². The molecule has 0 radical (unpaired) electrons. The number of carbonyl (C=O) groups is 2. The summed E-state index contributed by atoms with van der Waals surface area (Å²) < 4.78 is 19.8. The molecule has 2 aromatic rings. The number of rotatable bonds is 8. The Morgan fingerprint density at radius 3 is 2.38 bits per heavy atom. The first-order valence-corrected chi connectivity index (χ1v) is 9.72. The monoisotopic (exact) mass is 400 g/mol. The van der Waals surface area contributed by atoms with E-state index >= 15 is 0 Å². The van der Waals surface area contributed by atoms with Crippen LogP contribution in [0.15, 0.2) is 42.5 Å². The van der Waals surface area contributed by atoms with Crippen molar-refractivity contribution in [3.05, 3.63) is 65.0 Å². The second kappa shape index (κ2) is 10.0. The van der Waals surface area contributed by atoms with Crippen LogP contribution in [0.5, 0.6) is 5.75 Å². The van der Waals surface area contributed by atoms with Crippen LogP contribution < -0.4 is 10.1 Å². The Bertz CT molecular complexity index is 867. The Balaban J connectivity index is 2.18. The molecule has 2 amide bonds. The molecule has 1 atom stereocenters. The lowest BCUT2D eigenvalue weighted by Gasteiger charge is -2.29.